The van der Waals surface area contributed by atoms with Gasteiger partial charge in [-0.3, -0.25) is 4.68 Å². The van der Waals surface area contributed by atoms with Crippen molar-refractivity contribution in [3.63, 3.8) is 0 Å². The Morgan fingerprint density at radius 1 is 1.37 bits per heavy atom. The third-order valence-corrected chi connectivity index (χ3v) is 3.13. The molecular weight excluding hydrogens is 242 g/mol. The minimum Gasteiger partial charge on any atom is -0.478 e. The van der Waals surface area contributed by atoms with E-state index in [-0.39, 0.29) is 0 Å². The summed E-state index contributed by atoms with van der Waals surface area (Å²) in [5.41, 5.74) is 2.31. The SMILES string of the molecule is Cn1cc(Cn2ccc3ccc(C(=O)O)cc32)cn1. The van der Waals surface area contributed by atoms with Crippen molar-refractivity contribution in [2.24, 2.45) is 7.05 Å². The van der Waals surface area contributed by atoms with E-state index in [4.69, 9.17) is 5.11 Å². The molecule has 0 unspecified atom stereocenters. The molecule has 5 heteroatoms. The Kier molecular flexibility index (Phi) is 2.59. The highest BCUT2D eigenvalue weighted by Crippen LogP contribution is 2.19. The second-order valence-electron chi connectivity index (χ2n) is 4.54. The van der Waals surface area contributed by atoms with E-state index in [1.807, 2.05) is 42.3 Å². The van der Waals surface area contributed by atoms with Gasteiger partial charge in [0.15, 0.2) is 0 Å². The van der Waals surface area contributed by atoms with E-state index in [0.29, 0.717) is 12.1 Å². The minimum atomic E-state index is -0.906. The molecule has 0 aliphatic heterocycles. The van der Waals surface area contributed by atoms with Crippen molar-refractivity contribution >= 4 is 16.9 Å². The highest BCUT2D eigenvalue weighted by molar-refractivity contribution is 5.93. The molecule has 1 N–H and O–H groups in total. The second kappa shape index (κ2) is 4.28. The molecular formula is C14H13N3O2. The molecule has 5 nitrogen and oxygen atoms in total. The lowest BCUT2D eigenvalue weighted by Crippen LogP contribution is -1.99. The molecule has 0 aliphatic rings. The summed E-state index contributed by atoms with van der Waals surface area (Å²) in [5.74, 6) is -0.906. The van der Waals surface area contributed by atoms with Crippen LogP contribution in [0.4, 0.5) is 0 Å². The van der Waals surface area contributed by atoms with Crippen LogP contribution in [0.15, 0.2) is 42.9 Å². The zero-order valence-electron chi connectivity index (χ0n) is 10.4. The van der Waals surface area contributed by atoms with Crippen molar-refractivity contribution < 1.29 is 9.90 Å². The first kappa shape index (κ1) is 11.5. The van der Waals surface area contributed by atoms with Crippen LogP contribution < -0.4 is 0 Å². The van der Waals surface area contributed by atoms with Crippen molar-refractivity contribution in [1.82, 2.24) is 14.3 Å². The van der Waals surface area contributed by atoms with E-state index in [9.17, 15) is 4.79 Å². The normalized spacial score (nSPS) is 11.0. The maximum atomic E-state index is 11.0. The molecule has 0 saturated carbocycles. The van der Waals surface area contributed by atoms with E-state index in [0.717, 1.165) is 16.5 Å². The number of rotatable bonds is 3. The van der Waals surface area contributed by atoms with Crippen LogP contribution >= 0.6 is 0 Å². The van der Waals surface area contributed by atoms with Crippen molar-refractivity contribution in [2.75, 3.05) is 0 Å². The Morgan fingerprint density at radius 3 is 2.89 bits per heavy atom. The predicted molar refractivity (Wildman–Crippen MR) is 71.2 cm³/mol. The Bertz CT molecular complexity index is 755. The van der Waals surface area contributed by atoms with E-state index >= 15 is 0 Å². The molecule has 0 amide bonds. The molecule has 3 aromatic rings. The molecule has 1 aromatic carbocycles. The number of aryl methyl sites for hydroxylation is 1. The van der Waals surface area contributed by atoms with Crippen molar-refractivity contribution in [3.8, 4) is 0 Å². The lowest BCUT2D eigenvalue weighted by molar-refractivity contribution is 0.0697. The molecule has 19 heavy (non-hydrogen) atoms. The van der Waals surface area contributed by atoms with Gasteiger partial charge < -0.3 is 9.67 Å². The summed E-state index contributed by atoms with van der Waals surface area (Å²) >= 11 is 0. The Hall–Kier alpha value is -2.56. The fourth-order valence-corrected chi connectivity index (χ4v) is 2.21. The monoisotopic (exact) mass is 255 g/mol. The quantitative estimate of drug-likeness (QED) is 0.779. The van der Waals surface area contributed by atoms with Gasteiger partial charge in [0, 0.05) is 30.5 Å². The molecule has 2 aromatic heterocycles. The Balaban J connectivity index is 2.03. The summed E-state index contributed by atoms with van der Waals surface area (Å²) in [6.07, 6.45) is 5.73. The number of carboxylic acid groups (broad SMARTS) is 1. The second-order valence-corrected chi connectivity index (χ2v) is 4.54. The van der Waals surface area contributed by atoms with Crippen LogP contribution in [0, 0.1) is 0 Å². The average Bonchev–Trinajstić information content (AvgIpc) is 2.96. The zero-order valence-corrected chi connectivity index (χ0v) is 10.4. The van der Waals surface area contributed by atoms with Gasteiger partial charge in [0.2, 0.25) is 0 Å². The summed E-state index contributed by atoms with van der Waals surface area (Å²) in [7, 11) is 1.87. The predicted octanol–water partition coefficient (Wildman–Crippen LogP) is 2.12. The number of nitrogens with zero attached hydrogens (tertiary/aromatic N) is 3. The third-order valence-electron chi connectivity index (χ3n) is 3.13. The molecule has 0 bridgehead atoms. The van der Waals surface area contributed by atoms with Crippen LogP contribution in [-0.4, -0.2) is 25.4 Å². The molecule has 96 valence electrons. The first-order valence-electron chi connectivity index (χ1n) is 5.93. The van der Waals surface area contributed by atoms with E-state index in [1.165, 1.54) is 0 Å². The van der Waals surface area contributed by atoms with Gasteiger partial charge in [0.05, 0.1) is 18.3 Å². The first-order chi connectivity index (χ1) is 9.13. The highest BCUT2D eigenvalue weighted by Gasteiger charge is 2.07. The third kappa shape index (κ3) is 2.10. The maximum absolute atomic E-state index is 11.0. The topological polar surface area (TPSA) is 60.0 Å². The number of aromatic carboxylic acids is 1. The lowest BCUT2D eigenvalue weighted by atomic mass is 10.1. The van der Waals surface area contributed by atoms with Crippen LogP contribution in [0.25, 0.3) is 10.9 Å². The highest BCUT2D eigenvalue weighted by atomic mass is 16.4. The number of carbonyl (C=O) groups is 1. The molecule has 2 heterocycles. The van der Waals surface area contributed by atoms with Crippen LogP contribution in [0.2, 0.25) is 0 Å². The summed E-state index contributed by atoms with van der Waals surface area (Å²) < 4.78 is 3.78. The first-order valence-corrected chi connectivity index (χ1v) is 5.93. The van der Waals surface area contributed by atoms with Gasteiger partial charge in [-0.1, -0.05) is 6.07 Å². The standard InChI is InChI=1S/C14H13N3O2/c1-16-8-10(7-15-16)9-17-5-4-11-2-3-12(14(18)19)6-13(11)17/h2-8H,9H2,1H3,(H,18,19). The molecule has 0 saturated heterocycles. The molecule has 0 radical (unpaired) electrons. The van der Waals surface area contributed by atoms with Gasteiger partial charge in [0.25, 0.3) is 0 Å². The average molecular weight is 255 g/mol. The Labute approximate surface area is 109 Å². The lowest BCUT2D eigenvalue weighted by Gasteiger charge is -2.04. The minimum absolute atomic E-state index is 0.304. The molecule has 0 fully saturated rings. The summed E-state index contributed by atoms with van der Waals surface area (Å²) in [4.78, 5) is 11.0. The van der Waals surface area contributed by atoms with Crippen LogP contribution in [0.1, 0.15) is 15.9 Å². The van der Waals surface area contributed by atoms with Gasteiger partial charge in [0.1, 0.15) is 0 Å². The Morgan fingerprint density at radius 2 is 2.21 bits per heavy atom. The van der Waals surface area contributed by atoms with E-state index < -0.39 is 5.97 Å². The number of aromatic nitrogens is 3. The number of benzene rings is 1. The molecule has 0 aliphatic carbocycles. The van der Waals surface area contributed by atoms with Gasteiger partial charge in [-0.2, -0.15) is 5.10 Å². The molecule has 0 atom stereocenters. The van der Waals surface area contributed by atoms with E-state index in [2.05, 4.69) is 5.10 Å². The van der Waals surface area contributed by atoms with E-state index in [1.54, 1.807) is 16.8 Å². The van der Waals surface area contributed by atoms with Gasteiger partial charge in [-0.05, 0) is 23.6 Å². The van der Waals surface area contributed by atoms with Gasteiger partial charge >= 0.3 is 5.97 Å². The largest absolute Gasteiger partial charge is 0.478 e. The number of hydrogen-bond acceptors (Lipinski definition) is 2. The number of carboxylic acids is 1. The number of fused-ring (bicyclic) bond motifs is 1. The summed E-state index contributed by atoms with van der Waals surface area (Å²) in [6, 6.07) is 7.14. The fourth-order valence-electron chi connectivity index (χ4n) is 2.21. The summed E-state index contributed by atoms with van der Waals surface area (Å²) in [5, 5.41) is 14.2. The smallest absolute Gasteiger partial charge is 0.335 e. The van der Waals surface area contributed by atoms with Gasteiger partial charge in [-0.25, -0.2) is 4.79 Å². The molecule has 0 spiro atoms. The van der Waals surface area contributed by atoms with Crippen molar-refractivity contribution in [2.45, 2.75) is 6.54 Å². The van der Waals surface area contributed by atoms with Gasteiger partial charge in [-0.15, -0.1) is 0 Å². The van der Waals surface area contributed by atoms with Crippen molar-refractivity contribution in [1.29, 1.82) is 0 Å². The van der Waals surface area contributed by atoms with Crippen molar-refractivity contribution in [3.05, 3.63) is 54.0 Å². The molecule has 3 rings (SSSR count). The number of hydrogen-bond donors (Lipinski definition) is 1. The fraction of sp³-hybridized carbons (Fsp3) is 0.143. The maximum Gasteiger partial charge on any atom is 0.335 e. The summed E-state index contributed by atoms with van der Waals surface area (Å²) in [6.45, 7) is 0.681. The zero-order chi connectivity index (χ0) is 13.4. The van der Waals surface area contributed by atoms with Crippen LogP contribution in [0.3, 0.4) is 0 Å². The van der Waals surface area contributed by atoms with Crippen LogP contribution in [-0.2, 0) is 13.6 Å². The van der Waals surface area contributed by atoms with Crippen LogP contribution in [0.5, 0.6) is 0 Å².